The fourth-order valence-electron chi connectivity index (χ4n) is 3.77. The van der Waals surface area contributed by atoms with Crippen LogP contribution in [-0.2, 0) is 0 Å². The molecular weight excluding hydrogens is 390 g/mol. The fraction of sp³-hybridized carbons (Fsp3) is 0.333. The van der Waals surface area contributed by atoms with Gasteiger partial charge in [0, 0.05) is 36.7 Å². The van der Waals surface area contributed by atoms with Gasteiger partial charge in [0.25, 0.3) is 5.91 Å². The number of anilines is 1. The van der Waals surface area contributed by atoms with Gasteiger partial charge < -0.3 is 15.0 Å². The number of fused-ring (bicyclic) bond motifs is 1. The highest BCUT2D eigenvalue weighted by Crippen LogP contribution is 2.37. The van der Waals surface area contributed by atoms with Gasteiger partial charge in [0.1, 0.15) is 11.8 Å². The second-order valence-electron chi connectivity index (χ2n) is 8.15. The maximum absolute atomic E-state index is 12.4. The molecule has 3 aromatic rings. The molecule has 0 bridgehead atoms. The van der Waals surface area contributed by atoms with Crippen LogP contribution < -0.4 is 10.1 Å². The summed E-state index contributed by atoms with van der Waals surface area (Å²) in [5.41, 5.74) is 3.92. The number of methoxy groups -OCH3 is 1. The molecule has 1 fully saturated rings. The van der Waals surface area contributed by atoms with E-state index in [0.717, 1.165) is 22.2 Å². The summed E-state index contributed by atoms with van der Waals surface area (Å²) in [6.45, 7) is 2.14. The highest BCUT2D eigenvalue weighted by molar-refractivity contribution is 5.98. The monoisotopic (exact) mass is 415 g/mol. The first-order valence-corrected chi connectivity index (χ1v) is 10.3. The third kappa shape index (κ3) is 4.02. The summed E-state index contributed by atoms with van der Waals surface area (Å²) in [5.74, 6) is 1.22. The highest BCUT2D eigenvalue weighted by Gasteiger charge is 2.29. The van der Waals surface area contributed by atoms with E-state index in [1.54, 1.807) is 38.2 Å². The molecule has 1 unspecified atom stereocenters. The van der Waals surface area contributed by atoms with Crippen molar-refractivity contribution in [2.24, 2.45) is 5.92 Å². The third-order valence-electron chi connectivity index (χ3n) is 5.73. The van der Waals surface area contributed by atoms with Crippen molar-refractivity contribution in [3.8, 4) is 22.9 Å². The largest absolute Gasteiger partial charge is 0.496 e. The van der Waals surface area contributed by atoms with Crippen LogP contribution in [0.1, 0.15) is 35.8 Å². The van der Waals surface area contributed by atoms with Crippen LogP contribution >= 0.6 is 0 Å². The van der Waals surface area contributed by atoms with E-state index in [9.17, 15) is 10.1 Å². The maximum Gasteiger partial charge on any atom is 0.253 e. The molecule has 1 heterocycles. The molecule has 1 N–H and O–H groups in total. The molecule has 1 amide bonds. The second kappa shape index (κ2) is 8.23. The third-order valence-corrected chi connectivity index (χ3v) is 5.73. The summed E-state index contributed by atoms with van der Waals surface area (Å²) in [7, 11) is 5.05. The number of carbonyl (C=O) groups is 1. The number of rotatable bonds is 6. The standard InChI is InChI=1S/C24H25N5O2/c1-14(15-5-6-15)26-23-18-9-7-16(12-20(18)27-28-21(23)13-25)19-11-17(24(30)29(2)3)8-10-22(19)31-4/h7-12,14-15H,5-6H2,1-4H3,(H,26,27). The second-order valence-corrected chi connectivity index (χ2v) is 8.15. The van der Waals surface area contributed by atoms with Crippen molar-refractivity contribution in [3.63, 3.8) is 0 Å². The minimum absolute atomic E-state index is 0.0799. The van der Waals surface area contributed by atoms with Crippen LogP contribution in [0.25, 0.3) is 22.0 Å². The zero-order chi connectivity index (χ0) is 22.1. The lowest BCUT2D eigenvalue weighted by molar-refractivity contribution is 0.0827. The van der Waals surface area contributed by atoms with Crippen LogP contribution in [0.2, 0.25) is 0 Å². The number of nitrogens with one attached hydrogen (secondary N) is 1. The quantitative estimate of drug-likeness (QED) is 0.652. The Hall–Kier alpha value is -3.66. The number of aromatic nitrogens is 2. The van der Waals surface area contributed by atoms with Crippen LogP contribution in [0.4, 0.5) is 5.69 Å². The molecule has 2 aromatic carbocycles. The molecule has 4 rings (SSSR count). The molecule has 158 valence electrons. The molecule has 0 spiro atoms. The summed E-state index contributed by atoms with van der Waals surface area (Å²) >= 11 is 0. The number of hydrogen-bond acceptors (Lipinski definition) is 6. The van der Waals surface area contributed by atoms with Crippen LogP contribution in [0, 0.1) is 17.2 Å². The molecule has 1 aliphatic rings. The summed E-state index contributed by atoms with van der Waals surface area (Å²) < 4.78 is 5.54. The van der Waals surface area contributed by atoms with E-state index in [1.807, 2.05) is 24.3 Å². The zero-order valence-electron chi connectivity index (χ0n) is 18.1. The first-order valence-electron chi connectivity index (χ1n) is 10.3. The van der Waals surface area contributed by atoms with Gasteiger partial charge in [0.2, 0.25) is 0 Å². The average Bonchev–Trinajstić information content (AvgIpc) is 3.63. The number of nitrogens with zero attached hydrogens (tertiary/aromatic N) is 4. The van der Waals surface area contributed by atoms with Crippen molar-refractivity contribution in [2.45, 2.75) is 25.8 Å². The first kappa shape index (κ1) is 20.6. The highest BCUT2D eigenvalue weighted by atomic mass is 16.5. The van der Waals surface area contributed by atoms with Gasteiger partial charge in [-0.05, 0) is 61.6 Å². The van der Waals surface area contributed by atoms with Crippen molar-refractivity contribution in [3.05, 3.63) is 47.7 Å². The van der Waals surface area contributed by atoms with Crippen LogP contribution in [-0.4, -0.2) is 48.3 Å². The molecule has 1 atom stereocenters. The maximum atomic E-state index is 12.4. The van der Waals surface area contributed by atoms with E-state index in [1.165, 1.54) is 12.8 Å². The Kier molecular flexibility index (Phi) is 5.47. The summed E-state index contributed by atoms with van der Waals surface area (Å²) in [6.07, 6.45) is 2.41. The minimum atomic E-state index is -0.0799. The molecule has 1 aromatic heterocycles. The van der Waals surface area contributed by atoms with Crippen molar-refractivity contribution in [2.75, 3.05) is 26.5 Å². The van der Waals surface area contributed by atoms with Crippen LogP contribution in [0.5, 0.6) is 5.75 Å². The van der Waals surface area contributed by atoms with Gasteiger partial charge in [0.15, 0.2) is 5.69 Å². The van der Waals surface area contributed by atoms with E-state index in [0.29, 0.717) is 28.4 Å². The Morgan fingerprint density at radius 1 is 1.23 bits per heavy atom. The molecule has 0 aliphatic heterocycles. The molecule has 0 saturated heterocycles. The SMILES string of the molecule is COc1ccc(C(=O)N(C)C)cc1-c1ccc2c(NC(C)C3CC3)c(C#N)nnc2c1. The lowest BCUT2D eigenvalue weighted by atomic mass is 9.99. The smallest absolute Gasteiger partial charge is 0.253 e. The Morgan fingerprint density at radius 2 is 2.00 bits per heavy atom. The van der Waals surface area contributed by atoms with Gasteiger partial charge in [-0.3, -0.25) is 4.79 Å². The normalized spacial score (nSPS) is 14.0. The summed E-state index contributed by atoms with van der Waals surface area (Å²) in [5, 5.41) is 22.3. The number of amides is 1. The van der Waals surface area contributed by atoms with Crippen molar-refractivity contribution >= 4 is 22.5 Å². The van der Waals surface area contributed by atoms with Gasteiger partial charge in [-0.2, -0.15) is 5.26 Å². The molecule has 7 heteroatoms. The molecule has 7 nitrogen and oxygen atoms in total. The van der Waals surface area contributed by atoms with E-state index >= 15 is 0 Å². The van der Waals surface area contributed by atoms with E-state index in [-0.39, 0.29) is 11.9 Å². The van der Waals surface area contributed by atoms with Gasteiger partial charge >= 0.3 is 0 Å². The topological polar surface area (TPSA) is 91.1 Å². The van der Waals surface area contributed by atoms with Crippen molar-refractivity contribution in [1.82, 2.24) is 15.1 Å². The average molecular weight is 415 g/mol. The number of carbonyl (C=O) groups excluding carboxylic acids is 1. The predicted octanol–water partition coefficient (Wildman–Crippen LogP) is 4.09. The molecule has 1 aliphatic carbocycles. The lowest BCUT2D eigenvalue weighted by Crippen LogP contribution is -2.21. The molecular formula is C24H25N5O2. The Morgan fingerprint density at radius 3 is 2.65 bits per heavy atom. The van der Waals surface area contributed by atoms with Crippen molar-refractivity contribution in [1.29, 1.82) is 5.26 Å². The van der Waals surface area contributed by atoms with Gasteiger partial charge in [0.05, 0.1) is 18.3 Å². The minimum Gasteiger partial charge on any atom is -0.496 e. The van der Waals surface area contributed by atoms with Gasteiger partial charge in [-0.25, -0.2) is 0 Å². The van der Waals surface area contributed by atoms with Crippen LogP contribution in [0.3, 0.4) is 0 Å². The Labute approximate surface area is 181 Å². The Balaban J connectivity index is 1.80. The van der Waals surface area contributed by atoms with E-state index in [2.05, 4.69) is 28.5 Å². The molecule has 0 radical (unpaired) electrons. The van der Waals surface area contributed by atoms with Gasteiger partial charge in [-0.15, -0.1) is 10.2 Å². The van der Waals surface area contributed by atoms with Gasteiger partial charge in [-0.1, -0.05) is 6.07 Å². The van der Waals surface area contributed by atoms with Crippen molar-refractivity contribution < 1.29 is 9.53 Å². The van der Waals surface area contributed by atoms with Crippen LogP contribution in [0.15, 0.2) is 36.4 Å². The Bertz CT molecular complexity index is 1190. The van der Waals surface area contributed by atoms with E-state index in [4.69, 9.17) is 4.74 Å². The van der Waals surface area contributed by atoms with E-state index < -0.39 is 0 Å². The number of benzene rings is 2. The lowest BCUT2D eigenvalue weighted by Gasteiger charge is -2.17. The number of nitriles is 1. The molecule has 1 saturated carbocycles. The fourth-order valence-corrected chi connectivity index (χ4v) is 3.77. The first-order chi connectivity index (χ1) is 14.9. The summed E-state index contributed by atoms with van der Waals surface area (Å²) in [6, 6.07) is 13.6. The number of ether oxygens (including phenoxy) is 1. The summed E-state index contributed by atoms with van der Waals surface area (Å²) in [4.78, 5) is 14.0. The number of hydrogen-bond donors (Lipinski definition) is 1. The zero-order valence-corrected chi connectivity index (χ0v) is 18.1. The molecule has 31 heavy (non-hydrogen) atoms. The predicted molar refractivity (Wildman–Crippen MR) is 120 cm³/mol.